The van der Waals surface area contributed by atoms with Gasteiger partial charge in [0, 0.05) is 31.9 Å². The van der Waals surface area contributed by atoms with E-state index in [4.69, 9.17) is 14.2 Å². The summed E-state index contributed by atoms with van der Waals surface area (Å²) < 4.78 is 19.8. The summed E-state index contributed by atoms with van der Waals surface area (Å²) in [5.41, 5.74) is 2.68. The van der Waals surface area contributed by atoms with Gasteiger partial charge < -0.3 is 23.9 Å². The van der Waals surface area contributed by atoms with Gasteiger partial charge in [-0.05, 0) is 69.0 Å². The van der Waals surface area contributed by atoms with Crippen LogP contribution in [0.25, 0.3) is 0 Å². The number of hydrogen-bond acceptors (Lipinski definition) is 6. The molecular formula is C30H41N3O4. The minimum atomic E-state index is -0.811. The number of benzene rings is 2. The maximum atomic E-state index is 11.3. The van der Waals surface area contributed by atoms with Crippen molar-refractivity contribution in [2.45, 2.75) is 65.1 Å². The first-order valence-electron chi connectivity index (χ1n) is 13.3. The Morgan fingerprint density at radius 1 is 1.00 bits per heavy atom. The largest absolute Gasteiger partial charge is 0.493 e. The molecule has 0 radical (unpaired) electrons. The summed E-state index contributed by atoms with van der Waals surface area (Å²) in [7, 11) is 1.68. The van der Waals surface area contributed by atoms with Crippen molar-refractivity contribution in [1.29, 1.82) is 0 Å². The Kier molecular flexibility index (Phi) is 9.11. The first-order valence-corrected chi connectivity index (χ1v) is 13.3. The number of imidazole rings is 1. The fourth-order valence-corrected chi connectivity index (χ4v) is 5.01. The Hall–Kier alpha value is -3.03. The van der Waals surface area contributed by atoms with Crippen LogP contribution in [-0.4, -0.2) is 58.6 Å². The Morgan fingerprint density at radius 2 is 1.84 bits per heavy atom. The van der Waals surface area contributed by atoms with Gasteiger partial charge >= 0.3 is 0 Å². The molecule has 1 saturated heterocycles. The van der Waals surface area contributed by atoms with Crippen molar-refractivity contribution >= 4 is 0 Å². The molecule has 1 aliphatic heterocycles. The minimum absolute atomic E-state index is 0.323. The van der Waals surface area contributed by atoms with Gasteiger partial charge in [-0.15, -0.1) is 0 Å². The Balaban J connectivity index is 1.29. The minimum Gasteiger partial charge on any atom is -0.493 e. The molecule has 37 heavy (non-hydrogen) atoms. The lowest BCUT2D eigenvalue weighted by molar-refractivity contribution is -0.0170. The van der Waals surface area contributed by atoms with E-state index in [-0.39, 0.29) is 0 Å². The van der Waals surface area contributed by atoms with Crippen LogP contribution in [0, 0.1) is 13.8 Å². The topological polar surface area (TPSA) is 69.0 Å². The number of ether oxygens (including phenoxy) is 3. The Labute approximate surface area is 221 Å². The molecular weight excluding hydrogens is 466 g/mol. The SMILES string of the molecule is CCc1nccn1CCOc1ccc(CN2CCC[C@@](O)(COc3ccc(C)cc3C)CC2)cc1OC. The third kappa shape index (κ3) is 7.27. The highest BCUT2D eigenvalue weighted by atomic mass is 16.5. The van der Waals surface area contributed by atoms with E-state index in [2.05, 4.69) is 46.5 Å². The molecule has 0 aliphatic carbocycles. The van der Waals surface area contributed by atoms with E-state index in [1.54, 1.807) is 7.11 Å². The van der Waals surface area contributed by atoms with Crippen LogP contribution < -0.4 is 14.2 Å². The number of hydrogen-bond donors (Lipinski definition) is 1. The molecule has 2 heterocycles. The van der Waals surface area contributed by atoms with Gasteiger partial charge in [-0.3, -0.25) is 4.90 Å². The molecule has 7 heteroatoms. The lowest BCUT2D eigenvalue weighted by atomic mass is 9.96. The smallest absolute Gasteiger partial charge is 0.161 e. The monoisotopic (exact) mass is 507 g/mol. The molecule has 200 valence electrons. The van der Waals surface area contributed by atoms with Gasteiger partial charge in [0.05, 0.1) is 19.3 Å². The number of aromatic nitrogens is 2. The summed E-state index contributed by atoms with van der Waals surface area (Å²) in [4.78, 5) is 6.76. The third-order valence-corrected chi connectivity index (χ3v) is 7.18. The Morgan fingerprint density at radius 3 is 2.62 bits per heavy atom. The Bertz CT molecular complexity index is 1160. The number of aliphatic hydroxyl groups is 1. The second-order valence-corrected chi connectivity index (χ2v) is 10.1. The number of methoxy groups -OCH3 is 1. The summed E-state index contributed by atoms with van der Waals surface area (Å²) in [5.74, 6) is 3.41. The zero-order chi connectivity index (χ0) is 26.3. The van der Waals surface area contributed by atoms with Crippen molar-refractivity contribution in [2.24, 2.45) is 0 Å². The quantitative estimate of drug-likeness (QED) is 0.396. The van der Waals surface area contributed by atoms with Crippen molar-refractivity contribution in [3.05, 3.63) is 71.3 Å². The van der Waals surface area contributed by atoms with Gasteiger partial charge in [0.2, 0.25) is 0 Å². The standard InChI is InChI=1S/C30H41N3O4/c1-5-29-31-13-16-33(29)17-18-36-27-10-8-25(20-28(27)35-4)21-32-14-6-11-30(34,12-15-32)22-37-26-9-7-23(2)19-24(26)3/h7-10,13,16,19-20,34H,5-6,11-12,14-15,17-18,21-22H2,1-4H3/t30-/m0/s1. The van der Waals surface area contributed by atoms with E-state index in [0.717, 1.165) is 74.1 Å². The average molecular weight is 508 g/mol. The van der Waals surface area contributed by atoms with Crippen LogP contribution >= 0.6 is 0 Å². The van der Waals surface area contributed by atoms with Crippen LogP contribution in [0.2, 0.25) is 0 Å². The van der Waals surface area contributed by atoms with Crippen molar-refractivity contribution in [2.75, 3.05) is 33.4 Å². The molecule has 1 atom stereocenters. The van der Waals surface area contributed by atoms with Crippen molar-refractivity contribution in [1.82, 2.24) is 14.5 Å². The van der Waals surface area contributed by atoms with Crippen LogP contribution in [0.3, 0.4) is 0 Å². The van der Waals surface area contributed by atoms with Crippen LogP contribution in [0.5, 0.6) is 17.2 Å². The summed E-state index contributed by atoms with van der Waals surface area (Å²) in [6.45, 7) is 10.4. The number of rotatable bonds is 11. The summed E-state index contributed by atoms with van der Waals surface area (Å²) >= 11 is 0. The average Bonchev–Trinajstić information content (AvgIpc) is 3.26. The predicted octanol–water partition coefficient (Wildman–Crippen LogP) is 4.95. The van der Waals surface area contributed by atoms with E-state index in [1.165, 1.54) is 11.1 Å². The van der Waals surface area contributed by atoms with E-state index in [0.29, 0.717) is 19.6 Å². The van der Waals surface area contributed by atoms with Gasteiger partial charge in [-0.1, -0.05) is 30.7 Å². The highest BCUT2D eigenvalue weighted by molar-refractivity contribution is 5.43. The molecule has 0 bridgehead atoms. The predicted molar refractivity (Wildman–Crippen MR) is 146 cm³/mol. The van der Waals surface area contributed by atoms with Gasteiger partial charge in [0.1, 0.15) is 24.8 Å². The van der Waals surface area contributed by atoms with E-state index in [9.17, 15) is 5.11 Å². The normalized spacial score (nSPS) is 18.4. The fraction of sp³-hybridized carbons (Fsp3) is 0.500. The molecule has 0 spiro atoms. The zero-order valence-electron chi connectivity index (χ0n) is 22.7. The van der Waals surface area contributed by atoms with E-state index >= 15 is 0 Å². The van der Waals surface area contributed by atoms with Crippen LogP contribution in [0.15, 0.2) is 48.8 Å². The molecule has 1 aliphatic rings. The van der Waals surface area contributed by atoms with Gasteiger partial charge in [-0.2, -0.15) is 0 Å². The highest BCUT2D eigenvalue weighted by Crippen LogP contribution is 2.30. The first kappa shape index (κ1) is 27.0. The van der Waals surface area contributed by atoms with Crippen molar-refractivity contribution < 1.29 is 19.3 Å². The molecule has 4 rings (SSSR count). The molecule has 0 saturated carbocycles. The third-order valence-electron chi connectivity index (χ3n) is 7.18. The molecule has 0 unspecified atom stereocenters. The molecule has 3 aromatic rings. The van der Waals surface area contributed by atoms with Crippen molar-refractivity contribution in [3.63, 3.8) is 0 Å². The lowest BCUT2D eigenvalue weighted by Gasteiger charge is -2.27. The number of aryl methyl sites for hydroxylation is 3. The summed E-state index contributed by atoms with van der Waals surface area (Å²) in [5, 5.41) is 11.3. The fourth-order valence-electron chi connectivity index (χ4n) is 5.01. The second kappa shape index (κ2) is 12.5. The lowest BCUT2D eigenvalue weighted by Crippen LogP contribution is -2.37. The van der Waals surface area contributed by atoms with Crippen molar-refractivity contribution in [3.8, 4) is 17.2 Å². The molecule has 7 nitrogen and oxygen atoms in total. The van der Waals surface area contributed by atoms with E-state index < -0.39 is 5.60 Å². The first-order chi connectivity index (χ1) is 17.9. The van der Waals surface area contributed by atoms with Gasteiger partial charge in [0.15, 0.2) is 11.5 Å². The zero-order valence-corrected chi connectivity index (χ0v) is 22.7. The molecule has 1 aromatic heterocycles. The second-order valence-electron chi connectivity index (χ2n) is 10.1. The maximum absolute atomic E-state index is 11.3. The van der Waals surface area contributed by atoms with Gasteiger partial charge in [-0.25, -0.2) is 4.98 Å². The number of nitrogens with zero attached hydrogens (tertiary/aromatic N) is 3. The van der Waals surface area contributed by atoms with Gasteiger partial charge in [0.25, 0.3) is 0 Å². The number of likely N-dealkylation sites (tertiary alicyclic amines) is 1. The molecule has 0 amide bonds. The van der Waals surface area contributed by atoms with Crippen LogP contribution in [0.4, 0.5) is 0 Å². The molecule has 1 N–H and O–H groups in total. The summed E-state index contributed by atoms with van der Waals surface area (Å²) in [6, 6.07) is 12.3. The van der Waals surface area contributed by atoms with Crippen LogP contribution in [0.1, 0.15) is 48.7 Å². The van der Waals surface area contributed by atoms with E-state index in [1.807, 2.05) is 37.5 Å². The maximum Gasteiger partial charge on any atom is 0.161 e. The molecule has 2 aromatic carbocycles. The molecule has 1 fully saturated rings. The summed E-state index contributed by atoms with van der Waals surface area (Å²) in [6.07, 6.45) is 7.07. The van der Waals surface area contributed by atoms with Crippen LogP contribution in [-0.2, 0) is 19.5 Å². The highest BCUT2D eigenvalue weighted by Gasteiger charge is 2.31.